The summed E-state index contributed by atoms with van der Waals surface area (Å²) in [5.74, 6) is -0.202. The highest BCUT2D eigenvalue weighted by Gasteiger charge is 2.24. The average Bonchev–Trinajstić information content (AvgIpc) is 2.72. The molecule has 0 aliphatic carbocycles. The smallest absolute Gasteiger partial charge is 0.123 e. The maximum atomic E-state index is 13.1. The van der Waals surface area contributed by atoms with Gasteiger partial charge in [0.1, 0.15) is 5.82 Å². The fourth-order valence-corrected chi connectivity index (χ4v) is 3.81. The molecule has 1 aliphatic rings. The molecule has 0 bridgehead atoms. The van der Waals surface area contributed by atoms with Crippen LogP contribution in [0.2, 0.25) is 0 Å². The van der Waals surface area contributed by atoms with Gasteiger partial charge in [-0.25, -0.2) is 4.39 Å². The number of nitrogens with zero attached hydrogens (tertiary/aromatic N) is 3. The van der Waals surface area contributed by atoms with E-state index in [1.165, 1.54) is 30.5 Å². The van der Waals surface area contributed by atoms with Crippen molar-refractivity contribution in [2.45, 2.75) is 38.3 Å². The quantitative estimate of drug-likeness (QED) is 0.645. The van der Waals surface area contributed by atoms with Crippen LogP contribution in [-0.2, 0) is 13.0 Å². The maximum Gasteiger partial charge on any atom is 0.123 e. The summed E-state index contributed by atoms with van der Waals surface area (Å²) < 4.78 is 13.1. The van der Waals surface area contributed by atoms with Crippen molar-refractivity contribution in [3.63, 3.8) is 0 Å². The lowest BCUT2D eigenvalue weighted by molar-refractivity contribution is 0.138. The first-order valence-corrected chi connectivity index (χ1v) is 9.61. The first kappa shape index (κ1) is 17.8. The highest BCUT2D eigenvalue weighted by Crippen LogP contribution is 2.31. The number of hydrogen-bond donors (Lipinski definition) is 0. The molecule has 4 heteroatoms. The molecule has 0 spiro atoms. The van der Waals surface area contributed by atoms with E-state index in [2.05, 4.69) is 33.1 Å². The van der Waals surface area contributed by atoms with Crippen molar-refractivity contribution in [2.75, 3.05) is 6.54 Å². The molecule has 1 fully saturated rings. The second-order valence-electron chi connectivity index (χ2n) is 7.19. The highest BCUT2D eigenvalue weighted by molar-refractivity contribution is 5.25. The summed E-state index contributed by atoms with van der Waals surface area (Å²) >= 11 is 0. The second-order valence-corrected chi connectivity index (χ2v) is 7.19. The molecule has 3 aromatic rings. The molecular weight excluding hydrogens is 337 g/mol. The topological polar surface area (TPSA) is 29.0 Å². The molecule has 2 aromatic heterocycles. The Morgan fingerprint density at radius 1 is 0.926 bits per heavy atom. The predicted octanol–water partition coefficient (Wildman–Crippen LogP) is 4.93. The summed E-state index contributed by atoms with van der Waals surface area (Å²) in [5, 5.41) is 0. The average molecular weight is 361 g/mol. The van der Waals surface area contributed by atoms with Crippen molar-refractivity contribution < 1.29 is 4.39 Å². The van der Waals surface area contributed by atoms with E-state index in [1.807, 2.05) is 36.7 Å². The molecule has 4 rings (SSSR count). The van der Waals surface area contributed by atoms with Crippen LogP contribution in [0.1, 0.15) is 47.8 Å². The van der Waals surface area contributed by atoms with E-state index in [4.69, 9.17) is 0 Å². The first-order chi connectivity index (χ1) is 13.3. The summed E-state index contributed by atoms with van der Waals surface area (Å²) in [6.45, 7) is 1.97. The van der Waals surface area contributed by atoms with Gasteiger partial charge in [-0.15, -0.1) is 0 Å². The lowest BCUT2D eigenvalue weighted by Gasteiger charge is -2.35. The SMILES string of the molecule is Fc1ccc(Cc2ccc(C3CCCCN3Cc3ccccn3)cn2)cc1. The van der Waals surface area contributed by atoms with Crippen LogP contribution in [0, 0.1) is 5.82 Å². The maximum absolute atomic E-state index is 13.1. The molecule has 0 N–H and O–H groups in total. The van der Waals surface area contributed by atoms with Crippen LogP contribution in [0.3, 0.4) is 0 Å². The summed E-state index contributed by atoms with van der Waals surface area (Å²) in [5.41, 5.74) is 4.47. The molecule has 1 atom stereocenters. The molecule has 1 saturated heterocycles. The molecular formula is C23H24FN3. The number of pyridine rings is 2. The lowest BCUT2D eigenvalue weighted by atomic mass is 9.95. The largest absolute Gasteiger partial charge is 0.290 e. The van der Waals surface area contributed by atoms with Crippen LogP contribution < -0.4 is 0 Å². The first-order valence-electron chi connectivity index (χ1n) is 9.61. The van der Waals surface area contributed by atoms with E-state index in [1.54, 1.807) is 0 Å². The van der Waals surface area contributed by atoms with Crippen LogP contribution in [0.15, 0.2) is 67.0 Å². The summed E-state index contributed by atoms with van der Waals surface area (Å²) in [6, 6.07) is 17.4. The molecule has 27 heavy (non-hydrogen) atoms. The van der Waals surface area contributed by atoms with Gasteiger partial charge in [-0.2, -0.15) is 0 Å². The van der Waals surface area contributed by atoms with E-state index in [0.29, 0.717) is 6.04 Å². The van der Waals surface area contributed by atoms with Crippen molar-refractivity contribution in [2.24, 2.45) is 0 Å². The number of piperidine rings is 1. The van der Waals surface area contributed by atoms with Crippen LogP contribution in [0.4, 0.5) is 4.39 Å². The molecule has 3 nitrogen and oxygen atoms in total. The number of likely N-dealkylation sites (tertiary alicyclic amines) is 1. The van der Waals surface area contributed by atoms with Crippen molar-refractivity contribution in [1.29, 1.82) is 0 Å². The zero-order chi connectivity index (χ0) is 18.5. The number of rotatable bonds is 5. The van der Waals surface area contributed by atoms with Crippen molar-refractivity contribution in [3.05, 3.63) is 95.3 Å². The molecule has 1 aliphatic heterocycles. The summed E-state index contributed by atoms with van der Waals surface area (Å²) in [6.07, 6.45) is 8.25. The predicted molar refractivity (Wildman–Crippen MR) is 105 cm³/mol. The van der Waals surface area contributed by atoms with Gasteiger partial charge in [0, 0.05) is 37.1 Å². The Morgan fingerprint density at radius 2 is 1.81 bits per heavy atom. The Bertz CT molecular complexity index is 847. The zero-order valence-electron chi connectivity index (χ0n) is 15.4. The van der Waals surface area contributed by atoms with Crippen molar-refractivity contribution >= 4 is 0 Å². The molecule has 0 saturated carbocycles. The van der Waals surface area contributed by atoms with E-state index in [-0.39, 0.29) is 5.82 Å². The Kier molecular flexibility index (Phi) is 5.54. The van der Waals surface area contributed by atoms with Gasteiger partial charge < -0.3 is 0 Å². The fourth-order valence-electron chi connectivity index (χ4n) is 3.81. The lowest BCUT2D eigenvalue weighted by Crippen LogP contribution is -2.33. The third kappa shape index (κ3) is 4.58. The van der Waals surface area contributed by atoms with Gasteiger partial charge in [-0.05, 0) is 60.8 Å². The highest BCUT2D eigenvalue weighted by atomic mass is 19.1. The van der Waals surface area contributed by atoms with Gasteiger partial charge in [0.2, 0.25) is 0 Å². The monoisotopic (exact) mass is 361 g/mol. The van der Waals surface area contributed by atoms with Gasteiger partial charge in [-0.3, -0.25) is 14.9 Å². The number of benzene rings is 1. The summed E-state index contributed by atoms with van der Waals surface area (Å²) in [7, 11) is 0. The molecule has 138 valence electrons. The zero-order valence-corrected chi connectivity index (χ0v) is 15.4. The Morgan fingerprint density at radius 3 is 2.56 bits per heavy atom. The van der Waals surface area contributed by atoms with Crippen LogP contribution in [-0.4, -0.2) is 21.4 Å². The van der Waals surface area contributed by atoms with E-state index in [9.17, 15) is 4.39 Å². The Balaban J connectivity index is 1.46. The minimum Gasteiger partial charge on any atom is -0.290 e. The number of halogens is 1. The molecule has 1 aromatic carbocycles. The van der Waals surface area contributed by atoms with E-state index >= 15 is 0 Å². The van der Waals surface area contributed by atoms with Crippen LogP contribution in [0.5, 0.6) is 0 Å². The van der Waals surface area contributed by atoms with Crippen LogP contribution in [0.25, 0.3) is 0 Å². The Hall–Kier alpha value is -2.59. The third-order valence-corrected chi connectivity index (χ3v) is 5.24. The fraction of sp³-hybridized carbons (Fsp3) is 0.304. The standard InChI is InChI=1S/C23H24FN3/c24-20-10-7-18(8-11-20)15-21-12-9-19(16-26-21)23-6-2-4-14-27(23)17-22-5-1-3-13-25-22/h1,3,5,7-13,16,23H,2,4,6,14-15,17H2. The minimum atomic E-state index is -0.202. The van der Waals surface area contributed by atoms with Gasteiger partial charge in [0.15, 0.2) is 0 Å². The molecule has 3 heterocycles. The van der Waals surface area contributed by atoms with Gasteiger partial charge in [-0.1, -0.05) is 30.7 Å². The van der Waals surface area contributed by atoms with Gasteiger partial charge in [0.05, 0.1) is 5.69 Å². The van der Waals surface area contributed by atoms with E-state index < -0.39 is 0 Å². The number of hydrogen-bond acceptors (Lipinski definition) is 3. The third-order valence-electron chi connectivity index (χ3n) is 5.24. The van der Waals surface area contributed by atoms with Crippen molar-refractivity contribution in [1.82, 2.24) is 14.9 Å². The van der Waals surface area contributed by atoms with Crippen molar-refractivity contribution in [3.8, 4) is 0 Å². The molecule has 0 amide bonds. The van der Waals surface area contributed by atoms with Gasteiger partial charge >= 0.3 is 0 Å². The second kappa shape index (κ2) is 8.40. The van der Waals surface area contributed by atoms with E-state index in [0.717, 1.165) is 42.9 Å². The number of aromatic nitrogens is 2. The molecule has 0 radical (unpaired) electrons. The normalized spacial score (nSPS) is 17.7. The van der Waals surface area contributed by atoms with Gasteiger partial charge in [0.25, 0.3) is 0 Å². The molecule has 1 unspecified atom stereocenters. The summed E-state index contributed by atoms with van der Waals surface area (Å²) in [4.78, 5) is 11.7. The van der Waals surface area contributed by atoms with Crippen LogP contribution >= 0.6 is 0 Å². The Labute approximate surface area is 159 Å². The minimum absolute atomic E-state index is 0.202.